The lowest BCUT2D eigenvalue weighted by atomic mass is 9.99. The predicted molar refractivity (Wildman–Crippen MR) is 73.8 cm³/mol. The highest BCUT2D eigenvalue weighted by molar-refractivity contribution is 5.93. The molecule has 0 aliphatic rings. The number of rotatable bonds is 5. The van der Waals surface area contributed by atoms with Gasteiger partial charge < -0.3 is 15.4 Å². The van der Waals surface area contributed by atoms with Crippen LogP contribution < -0.4 is 5.73 Å². The number of fused-ring (bicyclic) bond motifs is 1. The Kier molecular flexibility index (Phi) is 3.85. The molecule has 0 aliphatic carbocycles. The lowest BCUT2D eigenvalue weighted by Gasteiger charge is -2.24. The monoisotopic (exact) mass is 261 g/mol. The summed E-state index contributed by atoms with van der Waals surface area (Å²) in [6, 6.07) is 7.28. The fourth-order valence-electron chi connectivity index (χ4n) is 2.34. The van der Waals surface area contributed by atoms with Crippen LogP contribution in [0.1, 0.15) is 36.9 Å². The number of primary amides is 1. The first-order chi connectivity index (χ1) is 9.10. The quantitative estimate of drug-likeness (QED) is 0.859. The van der Waals surface area contributed by atoms with Crippen molar-refractivity contribution >= 4 is 16.9 Å². The summed E-state index contributed by atoms with van der Waals surface area (Å²) >= 11 is 0. The van der Waals surface area contributed by atoms with E-state index in [9.17, 15) is 9.90 Å². The number of nitrogens with two attached hydrogens (primary N) is 1. The second-order valence-corrected chi connectivity index (χ2v) is 4.79. The Balaban J connectivity index is 2.67. The largest absolute Gasteiger partial charge is 0.394 e. The Hall–Kier alpha value is -1.88. The molecule has 0 saturated carbocycles. The smallest absolute Gasteiger partial charge is 0.284 e. The summed E-state index contributed by atoms with van der Waals surface area (Å²) < 4.78 is 1.77. The third-order valence-electron chi connectivity index (χ3n) is 3.64. The lowest BCUT2D eigenvalue weighted by Crippen LogP contribution is -2.26. The second-order valence-electron chi connectivity index (χ2n) is 4.79. The summed E-state index contributed by atoms with van der Waals surface area (Å²) in [6.45, 7) is 4.05. The van der Waals surface area contributed by atoms with Crippen molar-refractivity contribution in [3.05, 3.63) is 30.1 Å². The Labute approximate surface area is 112 Å². The number of para-hydroxylation sites is 2. The van der Waals surface area contributed by atoms with Gasteiger partial charge in [-0.15, -0.1) is 0 Å². The van der Waals surface area contributed by atoms with Crippen molar-refractivity contribution in [3.8, 4) is 0 Å². The van der Waals surface area contributed by atoms with Crippen LogP contribution in [0.15, 0.2) is 24.3 Å². The van der Waals surface area contributed by atoms with E-state index in [2.05, 4.69) is 11.9 Å². The number of benzene rings is 1. The molecule has 19 heavy (non-hydrogen) atoms. The van der Waals surface area contributed by atoms with Crippen LogP contribution in [0.2, 0.25) is 0 Å². The first-order valence-electron chi connectivity index (χ1n) is 6.47. The zero-order valence-electron chi connectivity index (χ0n) is 11.2. The van der Waals surface area contributed by atoms with Crippen molar-refractivity contribution in [3.63, 3.8) is 0 Å². The molecule has 2 aromatic rings. The highest BCUT2D eigenvalue weighted by Crippen LogP contribution is 2.27. The number of carbonyl (C=O) groups excluding carboxylic acids is 1. The molecule has 0 radical (unpaired) electrons. The molecule has 0 aliphatic heterocycles. The van der Waals surface area contributed by atoms with Crippen LogP contribution >= 0.6 is 0 Å². The molecule has 3 N–H and O–H groups in total. The second kappa shape index (κ2) is 5.40. The van der Waals surface area contributed by atoms with Crippen molar-refractivity contribution in [1.29, 1.82) is 0 Å². The molecule has 2 atom stereocenters. The summed E-state index contributed by atoms with van der Waals surface area (Å²) in [5.74, 6) is -0.140. The first-order valence-corrected chi connectivity index (χ1v) is 6.47. The van der Waals surface area contributed by atoms with E-state index in [1.54, 1.807) is 4.57 Å². The molecule has 0 fully saturated rings. The highest BCUT2D eigenvalue weighted by atomic mass is 16.3. The van der Waals surface area contributed by atoms with Crippen molar-refractivity contribution in [2.24, 2.45) is 11.7 Å². The number of carbonyl (C=O) groups is 1. The number of aliphatic hydroxyl groups excluding tert-OH is 1. The maximum absolute atomic E-state index is 11.6. The van der Waals surface area contributed by atoms with Crippen molar-refractivity contribution < 1.29 is 9.90 Å². The molecule has 5 heteroatoms. The molecule has 1 heterocycles. The molecular formula is C14H19N3O2. The van der Waals surface area contributed by atoms with Gasteiger partial charge in [0.15, 0.2) is 5.82 Å². The van der Waals surface area contributed by atoms with Gasteiger partial charge in [-0.25, -0.2) is 4.98 Å². The zero-order valence-corrected chi connectivity index (χ0v) is 11.2. The Morgan fingerprint density at radius 2 is 2.16 bits per heavy atom. The number of aromatic nitrogens is 2. The van der Waals surface area contributed by atoms with Crippen LogP contribution in [0.5, 0.6) is 0 Å². The van der Waals surface area contributed by atoms with Crippen LogP contribution in [-0.2, 0) is 0 Å². The fraction of sp³-hybridized carbons (Fsp3) is 0.429. The average Bonchev–Trinajstić information content (AvgIpc) is 2.79. The van der Waals surface area contributed by atoms with Crippen LogP contribution in [0.25, 0.3) is 11.0 Å². The zero-order chi connectivity index (χ0) is 14.0. The van der Waals surface area contributed by atoms with E-state index >= 15 is 0 Å². The topological polar surface area (TPSA) is 81.1 Å². The van der Waals surface area contributed by atoms with Crippen LogP contribution in [0, 0.1) is 5.92 Å². The summed E-state index contributed by atoms with van der Waals surface area (Å²) in [4.78, 5) is 15.9. The van der Waals surface area contributed by atoms with Gasteiger partial charge in [-0.2, -0.15) is 0 Å². The molecule has 0 saturated heterocycles. The number of aliphatic hydroxyl groups is 1. The molecule has 102 valence electrons. The molecule has 0 spiro atoms. The fourth-order valence-corrected chi connectivity index (χ4v) is 2.34. The third kappa shape index (κ3) is 2.33. The van der Waals surface area contributed by atoms with E-state index in [4.69, 9.17) is 5.73 Å². The van der Waals surface area contributed by atoms with Crippen molar-refractivity contribution in [1.82, 2.24) is 9.55 Å². The minimum Gasteiger partial charge on any atom is -0.394 e. The molecule has 1 aromatic carbocycles. The molecule has 1 amide bonds. The normalized spacial score (nSPS) is 14.5. The van der Waals surface area contributed by atoms with Gasteiger partial charge in [0.05, 0.1) is 23.7 Å². The molecule has 2 rings (SSSR count). The van der Waals surface area contributed by atoms with E-state index in [-0.39, 0.29) is 24.4 Å². The average molecular weight is 261 g/mol. The Bertz CT molecular complexity index is 591. The highest BCUT2D eigenvalue weighted by Gasteiger charge is 2.24. The molecule has 5 nitrogen and oxygen atoms in total. The predicted octanol–water partition coefficient (Wildman–Crippen LogP) is 1.71. The maximum Gasteiger partial charge on any atom is 0.284 e. The summed E-state index contributed by atoms with van der Waals surface area (Å²) in [5.41, 5.74) is 6.96. The van der Waals surface area contributed by atoms with Gasteiger partial charge in [-0.1, -0.05) is 32.4 Å². The van der Waals surface area contributed by atoms with Crippen molar-refractivity contribution in [2.45, 2.75) is 26.3 Å². The number of imidazole rings is 1. The maximum atomic E-state index is 11.6. The lowest BCUT2D eigenvalue weighted by molar-refractivity contribution is 0.0976. The Morgan fingerprint density at radius 1 is 1.47 bits per heavy atom. The summed E-state index contributed by atoms with van der Waals surface area (Å²) in [6.07, 6.45) is 0.899. The molecular weight excluding hydrogens is 242 g/mol. The van der Waals surface area contributed by atoms with Gasteiger partial charge in [0.1, 0.15) is 0 Å². The number of hydrogen-bond donors (Lipinski definition) is 2. The number of nitrogens with zero attached hydrogens (tertiary/aromatic N) is 2. The van der Waals surface area contributed by atoms with Crippen LogP contribution in [-0.4, -0.2) is 27.2 Å². The molecule has 1 aromatic heterocycles. The molecule has 0 unspecified atom stereocenters. The standard InChI is InChI=1S/C14H19N3O2/c1-3-9(2)12(8-18)17-11-7-5-4-6-10(11)16-14(17)13(15)19/h4-7,9,12,18H,3,8H2,1-2H3,(H2,15,19)/t9-,12-/m1/s1. The minimum absolute atomic E-state index is 0.0460. The Morgan fingerprint density at radius 3 is 2.74 bits per heavy atom. The van der Waals surface area contributed by atoms with Gasteiger partial charge in [0.25, 0.3) is 5.91 Å². The SMILES string of the molecule is CC[C@@H](C)[C@@H](CO)n1c(C(N)=O)nc2ccccc21. The van der Waals surface area contributed by atoms with Gasteiger partial charge in [-0.3, -0.25) is 4.79 Å². The van der Waals surface area contributed by atoms with Crippen LogP contribution in [0.3, 0.4) is 0 Å². The summed E-state index contributed by atoms with van der Waals surface area (Å²) in [5, 5.41) is 9.66. The molecule has 0 bridgehead atoms. The van der Waals surface area contributed by atoms with E-state index in [0.29, 0.717) is 0 Å². The first kappa shape index (κ1) is 13.5. The van der Waals surface area contributed by atoms with Gasteiger partial charge in [0.2, 0.25) is 0 Å². The number of amides is 1. The van der Waals surface area contributed by atoms with E-state index in [1.807, 2.05) is 31.2 Å². The van der Waals surface area contributed by atoms with Gasteiger partial charge in [0, 0.05) is 0 Å². The van der Waals surface area contributed by atoms with Gasteiger partial charge in [-0.05, 0) is 18.1 Å². The summed E-state index contributed by atoms with van der Waals surface area (Å²) in [7, 11) is 0. The minimum atomic E-state index is -0.571. The van der Waals surface area contributed by atoms with Gasteiger partial charge >= 0.3 is 0 Å². The van der Waals surface area contributed by atoms with E-state index in [0.717, 1.165) is 17.5 Å². The van der Waals surface area contributed by atoms with Crippen LogP contribution in [0.4, 0.5) is 0 Å². The van der Waals surface area contributed by atoms with E-state index in [1.165, 1.54) is 0 Å². The van der Waals surface area contributed by atoms with Crippen molar-refractivity contribution in [2.75, 3.05) is 6.61 Å². The third-order valence-corrected chi connectivity index (χ3v) is 3.64. The van der Waals surface area contributed by atoms with E-state index < -0.39 is 5.91 Å². The number of hydrogen-bond acceptors (Lipinski definition) is 3.